The number of hydrogen-bond acceptors (Lipinski definition) is 3. The van der Waals surface area contributed by atoms with Gasteiger partial charge in [-0.1, -0.05) is 13.8 Å². The van der Waals surface area contributed by atoms with Crippen molar-refractivity contribution in [1.29, 1.82) is 0 Å². The Morgan fingerprint density at radius 3 is 2.62 bits per heavy atom. The lowest BCUT2D eigenvalue weighted by molar-refractivity contribution is -0.125. The van der Waals surface area contributed by atoms with E-state index in [1.54, 1.807) is 18.3 Å². The highest BCUT2D eigenvalue weighted by atomic mass is 79.9. The molecule has 1 aromatic heterocycles. The number of carbonyl (C=O) groups excluding carboxylic acids is 1. The fourth-order valence-corrected chi connectivity index (χ4v) is 3.07. The second kappa shape index (κ2) is 5.43. The van der Waals surface area contributed by atoms with Crippen LogP contribution in [-0.4, -0.2) is 24.3 Å². The molecule has 0 unspecified atom stereocenters. The average Bonchev–Trinajstić information content (AvgIpc) is 2.49. The maximum absolute atomic E-state index is 11.4. The van der Waals surface area contributed by atoms with E-state index in [0.29, 0.717) is 0 Å². The third-order valence-electron chi connectivity index (χ3n) is 2.67. The molecule has 0 fully saturated rings. The van der Waals surface area contributed by atoms with Crippen LogP contribution in [-0.2, 0) is 11.3 Å². The Balaban J connectivity index is 2.54. The summed E-state index contributed by atoms with van der Waals surface area (Å²) < 4.78 is 1.13. The second-order valence-electron chi connectivity index (χ2n) is 4.84. The standard InChI is InChI=1S/C12H18BrNOS/c1-9(15)12(2,3)8-14(4)6-11-5-10(13)7-16-11/h5,7H,6,8H2,1-4H3. The van der Waals surface area contributed by atoms with Crippen LogP contribution in [0.4, 0.5) is 0 Å². The summed E-state index contributed by atoms with van der Waals surface area (Å²) in [6, 6.07) is 2.13. The van der Waals surface area contributed by atoms with Crippen molar-refractivity contribution in [3.05, 3.63) is 20.8 Å². The first-order valence-corrected chi connectivity index (χ1v) is 6.91. The van der Waals surface area contributed by atoms with Crippen LogP contribution in [0.1, 0.15) is 25.6 Å². The summed E-state index contributed by atoms with van der Waals surface area (Å²) in [4.78, 5) is 14.9. The van der Waals surface area contributed by atoms with E-state index in [1.165, 1.54) is 4.88 Å². The molecule has 16 heavy (non-hydrogen) atoms. The lowest BCUT2D eigenvalue weighted by Gasteiger charge is -2.27. The van der Waals surface area contributed by atoms with Gasteiger partial charge in [0.25, 0.3) is 0 Å². The van der Waals surface area contributed by atoms with E-state index in [9.17, 15) is 4.79 Å². The van der Waals surface area contributed by atoms with E-state index < -0.39 is 0 Å². The van der Waals surface area contributed by atoms with Crippen LogP contribution in [0.25, 0.3) is 0 Å². The molecule has 0 atom stereocenters. The molecule has 0 aliphatic heterocycles. The molecular weight excluding hydrogens is 286 g/mol. The van der Waals surface area contributed by atoms with Gasteiger partial charge in [-0.3, -0.25) is 4.79 Å². The molecule has 0 saturated heterocycles. The van der Waals surface area contributed by atoms with Gasteiger partial charge in [0.1, 0.15) is 5.78 Å². The minimum Gasteiger partial charge on any atom is -0.300 e. The van der Waals surface area contributed by atoms with Crippen molar-refractivity contribution in [3.8, 4) is 0 Å². The molecule has 0 N–H and O–H groups in total. The predicted octanol–water partition coefficient (Wildman–Crippen LogP) is 3.56. The topological polar surface area (TPSA) is 20.3 Å². The molecule has 0 bridgehead atoms. The molecule has 0 aromatic carbocycles. The number of halogens is 1. The smallest absolute Gasteiger partial charge is 0.136 e. The zero-order chi connectivity index (χ0) is 12.3. The van der Waals surface area contributed by atoms with Gasteiger partial charge in [-0.15, -0.1) is 11.3 Å². The Labute approximate surface area is 110 Å². The zero-order valence-corrected chi connectivity index (χ0v) is 12.6. The van der Waals surface area contributed by atoms with Gasteiger partial charge in [0, 0.05) is 33.2 Å². The molecule has 0 amide bonds. The number of Topliss-reactive ketones (excluding diaryl/α,β-unsaturated/α-hetero) is 1. The third kappa shape index (κ3) is 4.00. The molecule has 1 aromatic rings. The molecule has 1 rings (SSSR count). The van der Waals surface area contributed by atoms with Gasteiger partial charge >= 0.3 is 0 Å². The summed E-state index contributed by atoms with van der Waals surface area (Å²) >= 11 is 5.18. The highest BCUT2D eigenvalue weighted by Gasteiger charge is 2.25. The lowest BCUT2D eigenvalue weighted by Crippen LogP contribution is -2.35. The predicted molar refractivity (Wildman–Crippen MR) is 72.8 cm³/mol. The van der Waals surface area contributed by atoms with Crippen molar-refractivity contribution in [1.82, 2.24) is 4.90 Å². The molecule has 90 valence electrons. The van der Waals surface area contributed by atoms with Gasteiger partial charge in [-0.2, -0.15) is 0 Å². The molecule has 0 spiro atoms. The molecule has 4 heteroatoms. The number of thiophene rings is 1. The first-order valence-electron chi connectivity index (χ1n) is 5.24. The SMILES string of the molecule is CC(=O)C(C)(C)CN(C)Cc1cc(Br)cs1. The van der Waals surface area contributed by atoms with Crippen molar-refractivity contribution in [2.75, 3.05) is 13.6 Å². The fraction of sp³-hybridized carbons (Fsp3) is 0.583. The van der Waals surface area contributed by atoms with Crippen LogP contribution in [0, 0.1) is 5.41 Å². The highest BCUT2D eigenvalue weighted by molar-refractivity contribution is 9.10. The summed E-state index contributed by atoms with van der Waals surface area (Å²) in [7, 11) is 2.05. The van der Waals surface area contributed by atoms with Gasteiger partial charge in [0.2, 0.25) is 0 Å². The quantitative estimate of drug-likeness (QED) is 0.829. The first kappa shape index (κ1) is 13.9. The normalized spacial score (nSPS) is 12.1. The molecule has 0 saturated carbocycles. The van der Waals surface area contributed by atoms with Crippen LogP contribution in [0.15, 0.2) is 15.9 Å². The maximum atomic E-state index is 11.4. The van der Waals surface area contributed by atoms with Crippen LogP contribution in [0.3, 0.4) is 0 Å². The van der Waals surface area contributed by atoms with Crippen LogP contribution in [0.2, 0.25) is 0 Å². The molecule has 0 radical (unpaired) electrons. The largest absolute Gasteiger partial charge is 0.300 e. The zero-order valence-electron chi connectivity index (χ0n) is 10.2. The summed E-state index contributed by atoms with van der Waals surface area (Å²) in [5, 5.41) is 2.08. The van der Waals surface area contributed by atoms with E-state index in [0.717, 1.165) is 17.6 Å². The Bertz CT molecular complexity index is 373. The monoisotopic (exact) mass is 303 g/mol. The number of ketones is 1. The van der Waals surface area contributed by atoms with E-state index in [-0.39, 0.29) is 11.2 Å². The van der Waals surface area contributed by atoms with Gasteiger partial charge in [-0.25, -0.2) is 0 Å². The first-order chi connectivity index (χ1) is 7.31. The summed E-state index contributed by atoms with van der Waals surface area (Å²) in [5.74, 6) is 0.242. The number of nitrogens with zero attached hydrogens (tertiary/aromatic N) is 1. The minimum absolute atomic E-state index is 0.242. The molecule has 0 aliphatic carbocycles. The van der Waals surface area contributed by atoms with Crippen molar-refractivity contribution >= 4 is 33.0 Å². The van der Waals surface area contributed by atoms with E-state index >= 15 is 0 Å². The van der Waals surface area contributed by atoms with Crippen molar-refractivity contribution in [2.45, 2.75) is 27.3 Å². The van der Waals surface area contributed by atoms with Gasteiger partial charge in [0.15, 0.2) is 0 Å². The molecular formula is C12H18BrNOS. The number of carbonyl (C=O) groups is 1. The van der Waals surface area contributed by atoms with Gasteiger partial charge in [0.05, 0.1) is 0 Å². The minimum atomic E-state index is -0.261. The third-order valence-corrected chi connectivity index (χ3v) is 4.35. The lowest BCUT2D eigenvalue weighted by atomic mass is 9.88. The second-order valence-corrected chi connectivity index (χ2v) is 6.76. The Morgan fingerprint density at radius 2 is 2.19 bits per heavy atom. The van der Waals surface area contributed by atoms with E-state index in [4.69, 9.17) is 0 Å². The maximum Gasteiger partial charge on any atom is 0.136 e. The molecule has 1 heterocycles. The van der Waals surface area contributed by atoms with E-state index in [2.05, 4.69) is 39.3 Å². The van der Waals surface area contributed by atoms with Gasteiger partial charge < -0.3 is 4.90 Å². The molecule has 2 nitrogen and oxygen atoms in total. The average molecular weight is 304 g/mol. The van der Waals surface area contributed by atoms with Crippen LogP contribution >= 0.6 is 27.3 Å². The van der Waals surface area contributed by atoms with Crippen LogP contribution in [0.5, 0.6) is 0 Å². The summed E-state index contributed by atoms with van der Waals surface area (Å²) in [6.45, 7) is 7.34. The summed E-state index contributed by atoms with van der Waals surface area (Å²) in [6.07, 6.45) is 0. The van der Waals surface area contributed by atoms with Gasteiger partial charge in [-0.05, 0) is 36.0 Å². The highest BCUT2D eigenvalue weighted by Crippen LogP contribution is 2.23. The van der Waals surface area contributed by atoms with Crippen molar-refractivity contribution in [3.63, 3.8) is 0 Å². The fourth-order valence-electron chi connectivity index (χ4n) is 1.54. The Kier molecular flexibility index (Phi) is 4.71. The summed E-state index contributed by atoms with van der Waals surface area (Å²) in [5.41, 5.74) is -0.261. The Hall–Kier alpha value is -0.190. The number of rotatable bonds is 5. The van der Waals surface area contributed by atoms with Crippen molar-refractivity contribution in [2.24, 2.45) is 5.41 Å². The Morgan fingerprint density at radius 1 is 1.56 bits per heavy atom. The van der Waals surface area contributed by atoms with E-state index in [1.807, 2.05) is 13.8 Å². The number of hydrogen-bond donors (Lipinski definition) is 0. The van der Waals surface area contributed by atoms with Crippen molar-refractivity contribution < 1.29 is 4.79 Å². The molecule has 0 aliphatic rings. The van der Waals surface area contributed by atoms with Crippen LogP contribution < -0.4 is 0 Å².